The van der Waals surface area contributed by atoms with E-state index in [1.165, 1.54) is 24.3 Å². The molecule has 3 aromatic rings. The molecule has 0 atom stereocenters. The van der Waals surface area contributed by atoms with Gasteiger partial charge in [-0.3, -0.25) is 0 Å². The van der Waals surface area contributed by atoms with Crippen LogP contribution in [0.15, 0.2) is 36.5 Å². The maximum Gasteiger partial charge on any atom is 0.573 e. The predicted octanol–water partition coefficient (Wildman–Crippen LogP) is 4.34. The summed E-state index contributed by atoms with van der Waals surface area (Å²) in [6.45, 7) is 8.15. The second-order valence-electron chi connectivity index (χ2n) is 9.87. The summed E-state index contributed by atoms with van der Waals surface area (Å²) in [7, 11) is 0. The van der Waals surface area contributed by atoms with Gasteiger partial charge in [0, 0.05) is 49.6 Å². The lowest BCUT2D eigenvalue weighted by Crippen LogP contribution is -2.50. The molecule has 2 fully saturated rings. The van der Waals surface area contributed by atoms with E-state index in [4.69, 9.17) is 9.84 Å². The number of carbonyl (C=O) groups is 1. The number of carbonyl (C=O) groups excluding carboxylic acids is 1. The van der Waals surface area contributed by atoms with E-state index in [1.807, 2.05) is 26.8 Å². The van der Waals surface area contributed by atoms with Gasteiger partial charge in [0.1, 0.15) is 11.4 Å². The zero-order valence-corrected chi connectivity index (χ0v) is 19.6. The largest absolute Gasteiger partial charge is 0.573 e. The Hall–Kier alpha value is -3.34. The van der Waals surface area contributed by atoms with E-state index in [2.05, 4.69) is 15.0 Å². The molecule has 186 valence electrons. The van der Waals surface area contributed by atoms with Crippen molar-refractivity contribution < 1.29 is 27.4 Å². The van der Waals surface area contributed by atoms with Crippen molar-refractivity contribution in [1.29, 1.82) is 0 Å². The molecule has 0 unspecified atom stereocenters. The summed E-state index contributed by atoms with van der Waals surface area (Å²) in [6.07, 6.45) is -3.38. The van der Waals surface area contributed by atoms with Crippen LogP contribution in [0.1, 0.15) is 43.9 Å². The highest BCUT2D eigenvalue weighted by atomic mass is 19.4. The van der Waals surface area contributed by atoms with Crippen LogP contribution in [0.5, 0.6) is 5.75 Å². The van der Waals surface area contributed by atoms with Crippen molar-refractivity contribution in [3.8, 4) is 11.4 Å². The first kappa shape index (κ1) is 23.4. The second kappa shape index (κ2) is 8.40. The molecule has 0 spiro atoms. The summed E-state index contributed by atoms with van der Waals surface area (Å²) in [5, 5.41) is 9.03. The van der Waals surface area contributed by atoms with Crippen molar-refractivity contribution in [1.82, 2.24) is 25.0 Å². The summed E-state index contributed by atoms with van der Waals surface area (Å²) < 4.78 is 48.7. The van der Waals surface area contributed by atoms with Crippen molar-refractivity contribution >= 4 is 17.1 Å². The summed E-state index contributed by atoms with van der Waals surface area (Å²) in [4.78, 5) is 18.6. The van der Waals surface area contributed by atoms with Crippen LogP contribution in [0.25, 0.3) is 16.7 Å². The number of fused-ring (bicyclic) bond motifs is 1. The highest BCUT2D eigenvalue weighted by molar-refractivity contribution is 5.85. The number of likely N-dealkylation sites (tertiary alicyclic amines) is 1. The molecule has 0 aliphatic carbocycles. The topological polar surface area (TPSA) is 81.5 Å². The number of hydrogen-bond donors (Lipinski definition) is 1. The molecule has 4 heterocycles. The van der Waals surface area contributed by atoms with Gasteiger partial charge in [0.05, 0.1) is 11.4 Å². The second-order valence-corrected chi connectivity index (χ2v) is 9.87. The molecule has 1 aromatic carbocycles. The highest BCUT2D eigenvalue weighted by Gasteiger charge is 2.37. The molecule has 11 heteroatoms. The lowest BCUT2D eigenvalue weighted by atomic mass is 9.87. The lowest BCUT2D eigenvalue weighted by molar-refractivity contribution is -0.274. The molecule has 0 saturated carbocycles. The number of amides is 1. The van der Waals surface area contributed by atoms with E-state index < -0.39 is 12.0 Å². The standard InChI is InChI=1S/C24H26F3N5O3/c1-23(2,3)35-22(33)31-12-15(13-31)18-8-9-29-21-19(18)20(14-10-28-11-14)30-32(21)16-4-6-17(7-5-16)34-24(25,26)27/h4-9,14-15,28H,10-13H2,1-3H3. The number of pyridine rings is 1. The smallest absolute Gasteiger partial charge is 0.444 e. The summed E-state index contributed by atoms with van der Waals surface area (Å²) >= 11 is 0. The van der Waals surface area contributed by atoms with Gasteiger partial charge < -0.3 is 19.7 Å². The average Bonchev–Trinajstić information content (AvgIpc) is 3.03. The first-order valence-electron chi connectivity index (χ1n) is 11.4. The third kappa shape index (κ3) is 4.77. The molecule has 35 heavy (non-hydrogen) atoms. The maximum absolute atomic E-state index is 12.5. The predicted molar refractivity (Wildman–Crippen MR) is 122 cm³/mol. The molecule has 0 radical (unpaired) electrons. The Bertz CT molecular complexity index is 1240. The van der Waals surface area contributed by atoms with Crippen LogP contribution in [-0.4, -0.2) is 63.9 Å². The number of alkyl halides is 3. The van der Waals surface area contributed by atoms with Gasteiger partial charge in [0.2, 0.25) is 0 Å². The third-order valence-corrected chi connectivity index (χ3v) is 6.08. The van der Waals surface area contributed by atoms with Crippen molar-refractivity contribution in [3.63, 3.8) is 0 Å². The number of ether oxygens (including phenoxy) is 2. The highest BCUT2D eigenvalue weighted by Crippen LogP contribution is 2.38. The Morgan fingerprint density at radius 1 is 1.06 bits per heavy atom. The molecule has 5 rings (SSSR count). The molecular weight excluding hydrogens is 463 g/mol. The van der Waals surface area contributed by atoms with Gasteiger partial charge in [-0.1, -0.05) is 0 Å². The van der Waals surface area contributed by atoms with Gasteiger partial charge >= 0.3 is 12.5 Å². The Kier molecular flexibility index (Phi) is 5.62. The van der Waals surface area contributed by atoms with E-state index >= 15 is 0 Å². The van der Waals surface area contributed by atoms with Crippen molar-refractivity contribution in [2.24, 2.45) is 0 Å². The molecule has 1 amide bonds. The van der Waals surface area contributed by atoms with Crippen LogP contribution in [0, 0.1) is 0 Å². The number of rotatable bonds is 4. The van der Waals surface area contributed by atoms with Crippen LogP contribution in [0.2, 0.25) is 0 Å². The molecule has 8 nitrogen and oxygen atoms in total. The fourth-order valence-electron chi connectivity index (χ4n) is 4.32. The number of benzene rings is 1. The van der Waals surface area contributed by atoms with Gasteiger partial charge in [-0.05, 0) is 56.7 Å². The Balaban J connectivity index is 1.46. The minimum atomic E-state index is -4.75. The van der Waals surface area contributed by atoms with Gasteiger partial charge in [0.25, 0.3) is 0 Å². The number of nitrogens with one attached hydrogen (secondary N) is 1. The van der Waals surface area contributed by atoms with Crippen LogP contribution in [-0.2, 0) is 4.74 Å². The number of halogens is 3. The van der Waals surface area contributed by atoms with E-state index in [-0.39, 0.29) is 23.7 Å². The quantitative estimate of drug-likeness (QED) is 0.587. The van der Waals surface area contributed by atoms with Crippen molar-refractivity contribution in [2.45, 2.75) is 44.6 Å². The van der Waals surface area contributed by atoms with Crippen LogP contribution in [0.3, 0.4) is 0 Å². The van der Waals surface area contributed by atoms with Crippen LogP contribution in [0.4, 0.5) is 18.0 Å². The normalized spacial score (nSPS) is 17.3. The summed E-state index contributed by atoms with van der Waals surface area (Å²) in [5.74, 6) is 0.0167. The van der Waals surface area contributed by atoms with E-state index in [0.717, 1.165) is 29.7 Å². The minimum Gasteiger partial charge on any atom is -0.444 e. The number of hydrogen-bond acceptors (Lipinski definition) is 6. The van der Waals surface area contributed by atoms with Crippen LogP contribution >= 0.6 is 0 Å². The van der Waals surface area contributed by atoms with Gasteiger partial charge in [-0.15, -0.1) is 13.2 Å². The van der Waals surface area contributed by atoms with Gasteiger partial charge in [0.15, 0.2) is 5.65 Å². The first-order valence-corrected chi connectivity index (χ1v) is 11.4. The van der Waals surface area contributed by atoms with Crippen LogP contribution < -0.4 is 10.1 Å². The molecular formula is C24H26F3N5O3. The molecule has 2 saturated heterocycles. The van der Waals surface area contributed by atoms with Crippen molar-refractivity contribution in [2.75, 3.05) is 26.2 Å². The molecule has 0 bridgehead atoms. The summed E-state index contributed by atoms with van der Waals surface area (Å²) in [6, 6.07) is 7.53. The molecule has 2 aliphatic heterocycles. The fraction of sp³-hybridized carbons (Fsp3) is 0.458. The van der Waals surface area contributed by atoms with E-state index in [1.54, 1.807) is 15.8 Å². The summed E-state index contributed by atoms with van der Waals surface area (Å²) in [5.41, 5.74) is 2.60. The van der Waals surface area contributed by atoms with E-state index in [0.29, 0.717) is 24.4 Å². The minimum absolute atomic E-state index is 0.111. The number of nitrogens with zero attached hydrogens (tertiary/aromatic N) is 4. The SMILES string of the molecule is CC(C)(C)OC(=O)N1CC(c2ccnc3c2c(C2CNC2)nn3-c2ccc(OC(F)(F)F)cc2)C1. The first-order chi connectivity index (χ1) is 16.5. The fourth-order valence-corrected chi connectivity index (χ4v) is 4.32. The third-order valence-electron chi connectivity index (χ3n) is 6.08. The van der Waals surface area contributed by atoms with E-state index in [9.17, 15) is 18.0 Å². The Morgan fingerprint density at radius 2 is 1.74 bits per heavy atom. The Labute approximate surface area is 200 Å². The van der Waals surface area contributed by atoms with Crippen molar-refractivity contribution in [3.05, 3.63) is 47.8 Å². The number of aromatic nitrogens is 3. The monoisotopic (exact) mass is 489 g/mol. The van der Waals surface area contributed by atoms with Gasteiger partial charge in [-0.25, -0.2) is 14.5 Å². The zero-order chi connectivity index (χ0) is 25.0. The van der Waals surface area contributed by atoms with Gasteiger partial charge in [-0.2, -0.15) is 5.10 Å². The molecule has 2 aliphatic rings. The lowest BCUT2D eigenvalue weighted by Gasteiger charge is -2.40. The average molecular weight is 489 g/mol. The molecule has 1 N–H and O–H groups in total. The maximum atomic E-state index is 12.5. The molecule has 2 aromatic heterocycles. The zero-order valence-electron chi connectivity index (χ0n) is 19.6. The Morgan fingerprint density at radius 3 is 2.31 bits per heavy atom.